The average molecular weight is 506 g/mol. The van der Waals surface area contributed by atoms with Crippen molar-refractivity contribution in [1.29, 1.82) is 0 Å². The number of carbonyl (C=O) groups is 2. The van der Waals surface area contributed by atoms with Crippen molar-refractivity contribution in [3.05, 3.63) is 94.5 Å². The molecule has 0 fully saturated rings. The zero-order valence-electron chi connectivity index (χ0n) is 19.2. The molecule has 0 saturated heterocycles. The largest absolute Gasteiger partial charge is 0.326 e. The van der Waals surface area contributed by atoms with Gasteiger partial charge in [0.15, 0.2) is 0 Å². The Morgan fingerprint density at radius 1 is 0.914 bits per heavy atom. The molecule has 4 aromatic rings. The van der Waals surface area contributed by atoms with E-state index in [1.54, 1.807) is 12.1 Å². The summed E-state index contributed by atoms with van der Waals surface area (Å²) in [6, 6.07) is 21.1. The third-order valence-corrected chi connectivity index (χ3v) is 6.56. The summed E-state index contributed by atoms with van der Waals surface area (Å²) in [5, 5.41) is 18.2. The highest BCUT2D eigenvalue weighted by Crippen LogP contribution is 2.27. The first kappa shape index (κ1) is 24.4. The Hall–Kier alpha value is -3.75. The summed E-state index contributed by atoms with van der Waals surface area (Å²) in [7, 11) is 0. The van der Waals surface area contributed by atoms with Gasteiger partial charge in [-0.25, -0.2) is 4.79 Å². The number of hydrogen-bond acceptors (Lipinski definition) is 5. The highest BCUT2D eigenvalue weighted by atomic mass is 35.5. The number of carbonyl (C=O) groups excluding carboxylic acids is 2. The van der Waals surface area contributed by atoms with Crippen LogP contribution in [0.4, 0.5) is 15.6 Å². The maximum Gasteiger partial charge on any atom is 0.319 e. The monoisotopic (exact) mass is 505 g/mol. The van der Waals surface area contributed by atoms with E-state index in [1.807, 2.05) is 74.5 Å². The van der Waals surface area contributed by atoms with Crippen LogP contribution in [0.25, 0.3) is 10.6 Å². The van der Waals surface area contributed by atoms with Crippen LogP contribution in [0.15, 0.2) is 72.8 Å². The summed E-state index contributed by atoms with van der Waals surface area (Å²) in [5.74, 6) is -0.386. The summed E-state index contributed by atoms with van der Waals surface area (Å²) < 4.78 is 0. The molecule has 0 radical (unpaired) electrons. The molecule has 0 spiro atoms. The molecule has 1 unspecified atom stereocenters. The number of anilines is 2. The Labute approximate surface area is 212 Å². The van der Waals surface area contributed by atoms with E-state index in [0.717, 1.165) is 22.3 Å². The van der Waals surface area contributed by atoms with Gasteiger partial charge in [-0.1, -0.05) is 71.5 Å². The molecule has 7 nitrogen and oxygen atoms in total. The maximum absolute atomic E-state index is 13.2. The molecule has 1 aromatic heterocycles. The Kier molecular flexibility index (Phi) is 7.74. The van der Waals surface area contributed by atoms with Crippen molar-refractivity contribution < 1.29 is 9.59 Å². The van der Waals surface area contributed by atoms with Crippen LogP contribution >= 0.6 is 22.9 Å². The number of nitrogens with zero attached hydrogens (tertiary/aromatic N) is 2. The molecule has 0 bridgehead atoms. The lowest BCUT2D eigenvalue weighted by Crippen LogP contribution is -2.46. The number of nitrogens with one attached hydrogen (secondary N) is 3. The second-order valence-corrected chi connectivity index (χ2v) is 9.46. The standard InChI is InChI=1S/C26H24ClN5O2S/c1-16-8-13-21(14-17(16)2)28-25(34)29-22(15-18-6-4-3-5-7-18)23(33)30-26-32-31-24(35-26)19-9-11-20(27)12-10-19/h3-14,22H,15H2,1-2H3,(H2,28,29,34)(H,30,32,33). The Morgan fingerprint density at radius 2 is 1.66 bits per heavy atom. The number of hydrogen-bond donors (Lipinski definition) is 3. The van der Waals surface area contributed by atoms with Gasteiger partial charge in [0.05, 0.1) is 0 Å². The normalized spacial score (nSPS) is 11.5. The second kappa shape index (κ2) is 11.1. The molecular formula is C26H24ClN5O2S. The van der Waals surface area contributed by atoms with Gasteiger partial charge in [-0.15, -0.1) is 10.2 Å². The zero-order chi connectivity index (χ0) is 24.8. The first-order valence-corrected chi connectivity index (χ1v) is 12.2. The Bertz CT molecular complexity index is 1330. The fraction of sp³-hybridized carbons (Fsp3) is 0.154. The van der Waals surface area contributed by atoms with Gasteiger partial charge < -0.3 is 10.6 Å². The predicted molar refractivity (Wildman–Crippen MR) is 141 cm³/mol. The van der Waals surface area contributed by atoms with Crippen molar-refractivity contribution in [3.8, 4) is 10.6 Å². The van der Waals surface area contributed by atoms with Crippen molar-refractivity contribution in [2.24, 2.45) is 0 Å². The van der Waals surface area contributed by atoms with Gasteiger partial charge in [0, 0.05) is 22.7 Å². The van der Waals surface area contributed by atoms with Gasteiger partial charge in [0.25, 0.3) is 0 Å². The van der Waals surface area contributed by atoms with Crippen LogP contribution in [0.1, 0.15) is 16.7 Å². The van der Waals surface area contributed by atoms with E-state index in [0.29, 0.717) is 27.3 Å². The summed E-state index contributed by atoms with van der Waals surface area (Å²) in [5.41, 5.74) is 4.61. The minimum atomic E-state index is -0.827. The van der Waals surface area contributed by atoms with Crippen LogP contribution < -0.4 is 16.0 Å². The lowest BCUT2D eigenvalue weighted by Gasteiger charge is -2.18. The van der Waals surface area contributed by atoms with Crippen molar-refractivity contribution in [2.75, 3.05) is 10.6 Å². The van der Waals surface area contributed by atoms with E-state index in [1.165, 1.54) is 11.3 Å². The lowest BCUT2D eigenvalue weighted by molar-refractivity contribution is -0.117. The van der Waals surface area contributed by atoms with Crippen LogP contribution in [0.2, 0.25) is 5.02 Å². The molecule has 3 aromatic carbocycles. The molecule has 1 atom stereocenters. The average Bonchev–Trinajstić information content (AvgIpc) is 3.30. The number of urea groups is 1. The summed E-state index contributed by atoms with van der Waals surface area (Å²) >= 11 is 7.20. The van der Waals surface area contributed by atoms with E-state index < -0.39 is 12.1 Å². The summed E-state index contributed by atoms with van der Waals surface area (Å²) in [6.45, 7) is 3.98. The third-order valence-electron chi connectivity index (χ3n) is 5.42. The molecule has 4 rings (SSSR count). The van der Waals surface area contributed by atoms with Crippen molar-refractivity contribution in [1.82, 2.24) is 15.5 Å². The second-order valence-electron chi connectivity index (χ2n) is 8.05. The van der Waals surface area contributed by atoms with Gasteiger partial charge in [0.2, 0.25) is 11.0 Å². The fourth-order valence-electron chi connectivity index (χ4n) is 3.38. The number of aromatic nitrogens is 2. The quantitative estimate of drug-likeness (QED) is 0.293. The fourth-order valence-corrected chi connectivity index (χ4v) is 4.26. The molecule has 3 amide bonds. The van der Waals surface area contributed by atoms with E-state index in [4.69, 9.17) is 11.6 Å². The third kappa shape index (κ3) is 6.65. The van der Waals surface area contributed by atoms with Gasteiger partial charge in [0.1, 0.15) is 11.0 Å². The predicted octanol–water partition coefficient (Wildman–Crippen LogP) is 5.85. The van der Waals surface area contributed by atoms with E-state index >= 15 is 0 Å². The Balaban J connectivity index is 1.47. The topological polar surface area (TPSA) is 96.0 Å². The minimum absolute atomic E-state index is 0.315. The molecule has 1 heterocycles. The van der Waals surface area contributed by atoms with Gasteiger partial charge in [-0.05, 0) is 54.8 Å². The van der Waals surface area contributed by atoms with E-state index in [-0.39, 0.29) is 5.91 Å². The molecule has 0 aliphatic carbocycles. The number of amides is 3. The molecule has 0 aliphatic rings. The Morgan fingerprint density at radius 3 is 2.37 bits per heavy atom. The molecule has 0 aliphatic heterocycles. The first-order valence-electron chi connectivity index (χ1n) is 11.0. The highest BCUT2D eigenvalue weighted by molar-refractivity contribution is 7.18. The molecule has 9 heteroatoms. The smallest absolute Gasteiger partial charge is 0.319 e. The van der Waals surface area contributed by atoms with Gasteiger partial charge in [-0.3, -0.25) is 10.1 Å². The van der Waals surface area contributed by atoms with Crippen LogP contribution in [0.3, 0.4) is 0 Å². The molecular weight excluding hydrogens is 482 g/mol. The molecule has 35 heavy (non-hydrogen) atoms. The minimum Gasteiger partial charge on any atom is -0.326 e. The van der Waals surface area contributed by atoms with Gasteiger partial charge >= 0.3 is 6.03 Å². The first-order chi connectivity index (χ1) is 16.9. The van der Waals surface area contributed by atoms with Gasteiger partial charge in [-0.2, -0.15) is 0 Å². The molecule has 178 valence electrons. The lowest BCUT2D eigenvalue weighted by atomic mass is 10.1. The molecule has 3 N–H and O–H groups in total. The number of aryl methyl sites for hydroxylation is 2. The van der Waals surface area contributed by atoms with Crippen molar-refractivity contribution in [2.45, 2.75) is 26.3 Å². The van der Waals surface area contributed by atoms with Crippen molar-refractivity contribution in [3.63, 3.8) is 0 Å². The van der Waals surface area contributed by atoms with E-state index in [9.17, 15) is 9.59 Å². The number of rotatable bonds is 7. The highest BCUT2D eigenvalue weighted by Gasteiger charge is 2.23. The van der Waals surface area contributed by atoms with Crippen LogP contribution in [0, 0.1) is 13.8 Å². The summed E-state index contributed by atoms with van der Waals surface area (Å²) in [6.07, 6.45) is 0.315. The van der Waals surface area contributed by atoms with E-state index in [2.05, 4.69) is 26.1 Å². The van der Waals surface area contributed by atoms with Crippen molar-refractivity contribution >= 4 is 45.7 Å². The maximum atomic E-state index is 13.2. The van der Waals surface area contributed by atoms with Crippen LogP contribution in [0.5, 0.6) is 0 Å². The zero-order valence-corrected chi connectivity index (χ0v) is 20.8. The SMILES string of the molecule is Cc1ccc(NC(=O)NC(Cc2ccccc2)C(=O)Nc2nnc(-c3ccc(Cl)cc3)s2)cc1C. The summed E-state index contributed by atoms with van der Waals surface area (Å²) in [4.78, 5) is 25.9. The molecule has 0 saturated carbocycles. The van der Waals surface area contributed by atoms with Crippen LogP contribution in [-0.4, -0.2) is 28.2 Å². The number of benzene rings is 3. The number of halogens is 1. The van der Waals surface area contributed by atoms with Crippen LogP contribution in [-0.2, 0) is 11.2 Å².